The molecule has 0 bridgehead atoms. The smallest absolute Gasteiger partial charge is 0.361 e. The Morgan fingerprint density at radius 2 is 2.00 bits per heavy atom. The summed E-state index contributed by atoms with van der Waals surface area (Å²) in [4.78, 5) is 15.5. The van der Waals surface area contributed by atoms with E-state index < -0.39 is 17.8 Å². The summed E-state index contributed by atoms with van der Waals surface area (Å²) >= 11 is 1.47. The monoisotopic (exact) mass is 455 g/mol. The predicted molar refractivity (Wildman–Crippen MR) is 118 cm³/mol. The highest BCUT2D eigenvalue weighted by Gasteiger charge is 2.39. The average Bonchev–Trinajstić information content (AvgIpc) is 2.77. The average molecular weight is 456 g/mol. The maximum Gasteiger partial charge on any atom is 0.416 e. The number of nitrogens with one attached hydrogen (secondary N) is 1. The zero-order valence-electron chi connectivity index (χ0n) is 17.3. The lowest BCUT2D eigenvalue weighted by Gasteiger charge is -2.42. The number of hydrogen-bond acceptors (Lipinski definition) is 5. The lowest BCUT2D eigenvalue weighted by atomic mass is 9.84. The number of thioether (sulfide) groups is 1. The Kier molecular flexibility index (Phi) is 5.78. The van der Waals surface area contributed by atoms with Crippen LogP contribution in [0, 0.1) is 11.3 Å². The molecule has 0 radical (unpaired) electrons. The minimum atomic E-state index is -4.47. The van der Waals surface area contributed by atoms with Crippen molar-refractivity contribution in [2.45, 2.75) is 36.4 Å². The van der Waals surface area contributed by atoms with E-state index in [0.29, 0.717) is 47.6 Å². The molecular weight excluding hydrogens is 435 g/mol. The number of halogens is 3. The minimum Gasteiger partial charge on any atom is -0.361 e. The van der Waals surface area contributed by atoms with Gasteiger partial charge in [0, 0.05) is 28.3 Å². The van der Waals surface area contributed by atoms with E-state index in [1.54, 1.807) is 23.1 Å². The molecule has 1 atom stereocenters. The zero-order valence-corrected chi connectivity index (χ0v) is 18.1. The van der Waals surface area contributed by atoms with Crippen LogP contribution in [0.25, 0.3) is 0 Å². The predicted octanol–water partition coefficient (Wildman–Crippen LogP) is 5.93. The fourth-order valence-corrected chi connectivity index (χ4v) is 4.92. The molecule has 0 saturated carbocycles. The summed E-state index contributed by atoms with van der Waals surface area (Å²) in [6.07, 6.45) is -1.02. The molecule has 4 nitrogen and oxygen atoms in total. The highest BCUT2D eigenvalue weighted by molar-refractivity contribution is 7.98. The number of nitriles is 1. The molecule has 0 fully saturated rings. The first-order valence-corrected chi connectivity index (χ1v) is 11.2. The molecule has 1 aliphatic carbocycles. The van der Waals surface area contributed by atoms with Crippen LogP contribution < -0.4 is 10.2 Å². The van der Waals surface area contributed by atoms with Gasteiger partial charge in [0.1, 0.15) is 5.82 Å². The molecule has 2 aromatic carbocycles. The van der Waals surface area contributed by atoms with Gasteiger partial charge in [0.2, 0.25) is 0 Å². The first kappa shape index (κ1) is 22.0. The van der Waals surface area contributed by atoms with Gasteiger partial charge in [0.25, 0.3) is 0 Å². The highest BCUT2D eigenvalue weighted by atomic mass is 32.2. The van der Waals surface area contributed by atoms with Crippen LogP contribution in [0.3, 0.4) is 0 Å². The Morgan fingerprint density at radius 3 is 2.69 bits per heavy atom. The molecule has 0 saturated heterocycles. The lowest BCUT2D eigenvalue weighted by Crippen LogP contribution is -2.43. The molecule has 1 N–H and O–H groups in total. The van der Waals surface area contributed by atoms with E-state index in [0.717, 1.165) is 22.6 Å². The van der Waals surface area contributed by atoms with Crippen LogP contribution in [-0.4, -0.2) is 12.0 Å². The largest absolute Gasteiger partial charge is 0.416 e. The maximum absolute atomic E-state index is 13.3. The number of alkyl halides is 3. The van der Waals surface area contributed by atoms with Crippen LogP contribution in [0.15, 0.2) is 71.0 Å². The zero-order chi connectivity index (χ0) is 23.0. The molecule has 0 aromatic heterocycles. The molecule has 1 heterocycles. The number of allylic oxidation sites excluding steroid dienone is 1. The van der Waals surface area contributed by atoms with Crippen LogP contribution >= 0.6 is 11.8 Å². The Labute approximate surface area is 188 Å². The molecule has 4 rings (SSSR count). The second-order valence-electron chi connectivity index (χ2n) is 7.61. The van der Waals surface area contributed by atoms with Gasteiger partial charge in [0.15, 0.2) is 5.78 Å². The van der Waals surface area contributed by atoms with Crippen molar-refractivity contribution in [3.05, 3.63) is 82.8 Å². The lowest BCUT2D eigenvalue weighted by molar-refractivity contribution is -0.137. The summed E-state index contributed by atoms with van der Waals surface area (Å²) in [5.41, 5.74) is 2.12. The molecule has 32 heavy (non-hydrogen) atoms. The van der Waals surface area contributed by atoms with Crippen LogP contribution in [0.1, 0.15) is 42.0 Å². The Balaban J connectivity index is 1.87. The fraction of sp³-hybridized carbons (Fsp3) is 0.250. The van der Waals surface area contributed by atoms with Crippen LogP contribution in [-0.2, 0) is 11.0 Å². The van der Waals surface area contributed by atoms with Crippen molar-refractivity contribution in [3.8, 4) is 6.07 Å². The Hall–Kier alpha value is -3.18. The third-order valence-electron chi connectivity index (χ3n) is 5.67. The van der Waals surface area contributed by atoms with Gasteiger partial charge in [-0.05, 0) is 55.0 Å². The van der Waals surface area contributed by atoms with Gasteiger partial charge < -0.3 is 10.2 Å². The minimum absolute atomic E-state index is 0.0374. The van der Waals surface area contributed by atoms with Crippen LogP contribution in [0.4, 0.5) is 18.9 Å². The molecule has 8 heteroatoms. The van der Waals surface area contributed by atoms with E-state index in [2.05, 4.69) is 18.0 Å². The Bertz CT molecular complexity index is 1180. The van der Waals surface area contributed by atoms with Gasteiger partial charge >= 0.3 is 6.18 Å². The number of carbonyl (C=O) groups excluding carboxylic acids is 1. The number of carbonyl (C=O) groups is 1. The molecular formula is C24H20F3N3OS. The molecule has 1 aliphatic heterocycles. The van der Waals surface area contributed by atoms with E-state index >= 15 is 0 Å². The van der Waals surface area contributed by atoms with Crippen molar-refractivity contribution >= 4 is 23.2 Å². The van der Waals surface area contributed by atoms with Gasteiger partial charge in [0.05, 0.1) is 23.2 Å². The topological polar surface area (TPSA) is 56.1 Å². The number of nitrogens with zero attached hydrogens (tertiary/aromatic N) is 2. The van der Waals surface area contributed by atoms with Crippen molar-refractivity contribution < 1.29 is 18.0 Å². The normalized spacial score (nSPS) is 18.8. The fourth-order valence-electron chi connectivity index (χ4n) is 4.26. The van der Waals surface area contributed by atoms with Crippen LogP contribution in [0.5, 0.6) is 0 Å². The third-order valence-corrected chi connectivity index (χ3v) is 6.47. The van der Waals surface area contributed by atoms with Crippen molar-refractivity contribution in [2.75, 3.05) is 11.2 Å². The molecule has 0 amide bonds. The standard InChI is InChI=1S/C24H20F3N3OS/c1-14-29-23(18-10-9-15(13-28)11-21(18)32-2)22-19(7-4-8-20(22)31)30(14)17-6-3-5-16(12-17)24(25,26)27/h3,5-6,9-12,23,29H,1,4,7-8H2,2H3. The quantitative estimate of drug-likeness (QED) is 0.582. The van der Waals surface area contributed by atoms with E-state index in [4.69, 9.17) is 0 Å². The highest BCUT2D eigenvalue weighted by Crippen LogP contribution is 2.44. The number of benzene rings is 2. The van der Waals surface area contributed by atoms with Crippen LogP contribution in [0.2, 0.25) is 0 Å². The van der Waals surface area contributed by atoms with E-state index in [9.17, 15) is 23.2 Å². The first-order chi connectivity index (χ1) is 15.2. The third kappa shape index (κ3) is 3.89. The van der Waals surface area contributed by atoms with Gasteiger partial charge in [-0.2, -0.15) is 18.4 Å². The van der Waals surface area contributed by atoms with Crippen molar-refractivity contribution in [1.29, 1.82) is 5.26 Å². The maximum atomic E-state index is 13.3. The van der Waals surface area contributed by atoms with E-state index in [1.165, 1.54) is 17.8 Å². The SMILES string of the molecule is C=C1NC(c2ccc(C#N)cc2SC)C2=C(CCCC2=O)N1c1cccc(C(F)(F)F)c1. The summed E-state index contributed by atoms with van der Waals surface area (Å²) in [5.74, 6) is 0.365. The van der Waals surface area contributed by atoms with Gasteiger partial charge in [-0.25, -0.2) is 0 Å². The number of ketones is 1. The van der Waals surface area contributed by atoms with Gasteiger partial charge in [-0.3, -0.25) is 4.79 Å². The second kappa shape index (κ2) is 8.40. The second-order valence-corrected chi connectivity index (χ2v) is 8.46. The Morgan fingerprint density at radius 1 is 1.22 bits per heavy atom. The summed E-state index contributed by atoms with van der Waals surface area (Å²) < 4.78 is 39.9. The van der Waals surface area contributed by atoms with Crippen molar-refractivity contribution in [3.63, 3.8) is 0 Å². The number of Topliss-reactive ketones (excluding diaryl/α,β-unsaturated/α-hetero) is 1. The summed E-state index contributed by atoms with van der Waals surface area (Å²) in [6, 6.07) is 12.0. The van der Waals surface area contributed by atoms with Gasteiger partial charge in [-0.1, -0.05) is 18.7 Å². The summed E-state index contributed by atoms with van der Waals surface area (Å²) in [5, 5.41) is 12.5. The number of rotatable bonds is 3. The summed E-state index contributed by atoms with van der Waals surface area (Å²) in [7, 11) is 0. The molecule has 2 aliphatic rings. The first-order valence-electron chi connectivity index (χ1n) is 10.0. The van der Waals surface area contributed by atoms with E-state index in [1.807, 2.05) is 12.3 Å². The van der Waals surface area contributed by atoms with Crippen molar-refractivity contribution in [1.82, 2.24) is 5.32 Å². The molecule has 2 aromatic rings. The van der Waals surface area contributed by atoms with E-state index in [-0.39, 0.29) is 5.78 Å². The van der Waals surface area contributed by atoms with Gasteiger partial charge in [-0.15, -0.1) is 11.8 Å². The summed E-state index contributed by atoms with van der Waals surface area (Å²) in [6.45, 7) is 4.07. The number of anilines is 1. The van der Waals surface area contributed by atoms with Crippen molar-refractivity contribution in [2.24, 2.45) is 0 Å². The molecule has 164 valence electrons. The number of hydrogen-bond donors (Lipinski definition) is 1. The molecule has 1 unspecified atom stereocenters. The molecule has 0 spiro atoms.